The largest absolute Gasteiger partial charge is 0.361 e. The third kappa shape index (κ3) is 3.77. The number of hydrogen-bond acceptors (Lipinski definition) is 4. The van der Waals surface area contributed by atoms with Crippen molar-refractivity contribution in [3.8, 4) is 0 Å². The molecule has 4 aromatic rings. The van der Waals surface area contributed by atoms with Crippen molar-refractivity contribution >= 4 is 32.7 Å². The zero-order chi connectivity index (χ0) is 23.0. The molecule has 8 nitrogen and oxygen atoms in total. The molecule has 0 aliphatic carbocycles. The van der Waals surface area contributed by atoms with Gasteiger partial charge in [0.15, 0.2) is 0 Å². The van der Waals surface area contributed by atoms with Crippen LogP contribution >= 0.6 is 0 Å². The van der Waals surface area contributed by atoms with E-state index >= 15 is 0 Å². The molecule has 2 heterocycles. The van der Waals surface area contributed by atoms with E-state index in [1.807, 2.05) is 42.6 Å². The van der Waals surface area contributed by atoms with Crippen LogP contribution in [0.15, 0.2) is 90.0 Å². The number of nitrogens with zero attached hydrogens (tertiary/aromatic N) is 1. The second-order valence-corrected chi connectivity index (χ2v) is 9.36. The van der Waals surface area contributed by atoms with Crippen LogP contribution in [0.1, 0.15) is 27.5 Å². The van der Waals surface area contributed by atoms with Gasteiger partial charge < -0.3 is 9.88 Å². The number of amides is 2. The monoisotopic (exact) mass is 460 g/mol. The first-order valence-corrected chi connectivity index (χ1v) is 11.8. The van der Waals surface area contributed by atoms with E-state index in [2.05, 4.69) is 15.2 Å². The minimum absolute atomic E-state index is 0.0200. The van der Waals surface area contributed by atoms with E-state index in [4.69, 9.17) is 0 Å². The number of carbonyl (C=O) groups excluding carboxylic acids is 2. The van der Waals surface area contributed by atoms with Gasteiger partial charge in [0, 0.05) is 28.2 Å². The first kappa shape index (κ1) is 20.9. The van der Waals surface area contributed by atoms with Crippen molar-refractivity contribution in [3.05, 3.63) is 102 Å². The van der Waals surface area contributed by atoms with Crippen LogP contribution in [0.3, 0.4) is 0 Å². The number of sulfonamides is 1. The normalized spacial score (nSPS) is 15.6. The number of aromatic amines is 1. The number of hydrazine groups is 1. The predicted octanol–water partition coefficient (Wildman–Crippen LogP) is 2.72. The van der Waals surface area contributed by atoms with Crippen molar-refractivity contribution in [2.75, 3.05) is 6.54 Å². The van der Waals surface area contributed by atoms with E-state index in [1.54, 1.807) is 30.3 Å². The lowest BCUT2D eigenvalue weighted by atomic mass is 9.97. The summed E-state index contributed by atoms with van der Waals surface area (Å²) in [5.74, 6) is -0.942. The highest BCUT2D eigenvalue weighted by Crippen LogP contribution is 2.40. The average molecular weight is 461 g/mol. The summed E-state index contributed by atoms with van der Waals surface area (Å²) in [7, 11) is -3.93. The molecular weight excluding hydrogens is 440 g/mol. The molecule has 1 aliphatic heterocycles. The second-order valence-electron chi connectivity index (χ2n) is 7.68. The maximum atomic E-state index is 13.2. The number of benzene rings is 3. The van der Waals surface area contributed by atoms with Gasteiger partial charge in [-0.2, -0.15) is 0 Å². The number of para-hydroxylation sites is 1. The van der Waals surface area contributed by atoms with Crippen LogP contribution in [-0.2, 0) is 14.8 Å². The molecule has 2 amide bonds. The number of nitrogens with one attached hydrogen (secondary N) is 3. The molecule has 33 heavy (non-hydrogen) atoms. The first-order chi connectivity index (χ1) is 16.0. The van der Waals surface area contributed by atoms with Crippen molar-refractivity contribution in [2.45, 2.75) is 10.9 Å². The van der Waals surface area contributed by atoms with E-state index in [-0.39, 0.29) is 17.3 Å². The standard InChI is InChI=1S/C24H20N4O4S/c29-22(26-27-33(31,32)16-8-2-1-3-9-16)15-28-23(18-11-4-5-12-19(18)24(28)30)20-14-25-21-13-7-6-10-17(20)21/h1-14,23,25,27H,15H2,(H,26,29). The zero-order valence-corrected chi connectivity index (χ0v) is 18.2. The van der Waals surface area contributed by atoms with Gasteiger partial charge in [-0.3, -0.25) is 15.0 Å². The summed E-state index contributed by atoms with van der Waals surface area (Å²) in [6.07, 6.45) is 1.84. The summed E-state index contributed by atoms with van der Waals surface area (Å²) in [5.41, 5.74) is 5.32. The molecule has 0 saturated carbocycles. The molecule has 1 aromatic heterocycles. The Morgan fingerprint density at radius 1 is 0.909 bits per heavy atom. The van der Waals surface area contributed by atoms with Crippen LogP contribution in [0.5, 0.6) is 0 Å². The Labute approximate surface area is 190 Å². The average Bonchev–Trinajstić information content (AvgIpc) is 3.37. The van der Waals surface area contributed by atoms with E-state index in [0.717, 1.165) is 22.0 Å². The maximum absolute atomic E-state index is 13.2. The summed E-state index contributed by atoms with van der Waals surface area (Å²) in [6, 6.07) is 22.2. The summed E-state index contributed by atoms with van der Waals surface area (Å²) >= 11 is 0. The Bertz CT molecular complexity index is 1460. The Balaban J connectivity index is 1.42. The highest BCUT2D eigenvalue weighted by Gasteiger charge is 2.39. The molecule has 166 valence electrons. The van der Waals surface area contributed by atoms with Gasteiger partial charge >= 0.3 is 0 Å². The summed E-state index contributed by atoms with van der Waals surface area (Å²) in [5, 5.41) is 0.946. The predicted molar refractivity (Wildman–Crippen MR) is 123 cm³/mol. The molecule has 5 rings (SSSR count). The Morgan fingerprint density at radius 2 is 1.61 bits per heavy atom. The fourth-order valence-corrected chi connectivity index (χ4v) is 5.05. The van der Waals surface area contributed by atoms with Crippen molar-refractivity contribution in [2.24, 2.45) is 0 Å². The number of rotatable bonds is 6. The third-order valence-electron chi connectivity index (χ3n) is 5.67. The quantitative estimate of drug-likeness (QED) is 0.384. The highest BCUT2D eigenvalue weighted by atomic mass is 32.2. The first-order valence-electron chi connectivity index (χ1n) is 10.3. The van der Waals surface area contributed by atoms with E-state index < -0.39 is 22.0 Å². The molecule has 1 aliphatic rings. The molecule has 0 radical (unpaired) electrons. The summed E-state index contributed by atoms with van der Waals surface area (Å²) < 4.78 is 24.8. The minimum atomic E-state index is -3.93. The molecule has 1 unspecified atom stereocenters. The number of aromatic nitrogens is 1. The molecule has 0 bridgehead atoms. The topological polar surface area (TPSA) is 111 Å². The van der Waals surface area contributed by atoms with E-state index in [0.29, 0.717) is 5.56 Å². The molecule has 0 saturated heterocycles. The summed E-state index contributed by atoms with van der Waals surface area (Å²) in [4.78, 5) is 32.7. The minimum Gasteiger partial charge on any atom is -0.361 e. The lowest BCUT2D eigenvalue weighted by Crippen LogP contribution is -2.47. The van der Waals surface area contributed by atoms with Gasteiger partial charge in [0.25, 0.3) is 21.8 Å². The molecular formula is C24H20N4O4S. The fraction of sp³-hybridized carbons (Fsp3) is 0.0833. The van der Waals surface area contributed by atoms with Crippen molar-refractivity contribution in [1.29, 1.82) is 0 Å². The maximum Gasteiger partial charge on any atom is 0.257 e. The lowest BCUT2D eigenvalue weighted by Gasteiger charge is -2.25. The molecule has 1 atom stereocenters. The molecule has 0 fully saturated rings. The second kappa shape index (κ2) is 8.19. The van der Waals surface area contributed by atoms with Gasteiger partial charge in [-0.05, 0) is 29.8 Å². The molecule has 9 heteroatoms. The van der Waals surface area contributed by atoms with Crippen LogP contribution in [0, 0.1) is 0 Å². The summed E-state index contributed by atoms with van der Waals surface area (Å²) in [6.45, 7) is -0.324. The van der Waals surface area contributed by atoms with Crippen LogP contribution in [0.2, 0.25) is 0 Å². The third-order valence-corrected chi connectivity index (χ3v) is 6.93. The number of hydrogen-bond donors (Lipinski definition) is 3. The van der Waals surface area contributed by atoms with Crippen LogP contribution in [0.4, 0.5) is 0 Å². The molecule has 3 aromatic carbocycles. The van der Waals surface area contributed by atoms with Crippen LogP contribution in [-0.4, -0.2) is 36.7 Å². The lowest BCUT2D eigenvalue weighted by molar-refractivity contribution is -0.122. The molecule has 3 N–H and O–H groups in total. The highest BCUT2D eigenvalue weighted by molar-refractivity contribution is 7.89. The molecule has 0 spiro atoms. The smallest absolute Gasteiger partial charge is 0.257 e. The van der Waals surface area contributed by atoms with Gasteiger partial charge in [-0.25, -0.2) is 8.42 Å². The SMILES string of the molecule is O=C(CN1C(=O)c2ccccc2C1c1c[nH]c2ccccc12)NNS(=O)(=O)c1ccccc1. The number of carbonyl (C=O) groups is 2. The van der Waals surface area contributed by atoms with Gasteiger partial charge in [0.2, 0.25) is 0 Å². The van der Waals surface area contributed by atoms with Gasteiger partial charge in [-0.1, -0.05) is 54.6 Å². The van der Waals surface area contributed by atoms with Gasteiger partial charge in [-0.15, -0.1) is 4.83 Å². The van der Waals surface area contributed by atoms with Gasteiger partial charge in [0.1, 0.15) is 6.54 Å². The van der Waals surface area contributed by atoms with Crippen molar-refractivity contribution < 1.29 is 18.0 Å². The number of fused-ring (bicyclic) bond motifs is 2. The van der Waals surface area contributed by atoms with E-state index in [1.165, 1.54) is 17.0 Å². The van der Waals surface area contributed by atoms with Crippen LogP contribution in [0.25, 0.3) is 10.9 Å². The van der Waals surface area contributed by atoms with E-state index in [9.17, 15) is 18.0 Å². The van der Waals surface area contributed by atoms with Gasteiger partial charge in [0.05, 0.1) is 10.9 Å². The van der Waals surface area contributed by atoms with Crippen molar-refractivity contribution in [1.82, 2.24) is 20.1 Å². The van der Waals surface area contributed by atoms with Crippen LogP contribution < -0.4 is 10.3 Å². The number of H-pyrrole nitrogens is 1. The Morgan fingerprint density at radius 3 is 2.42 bits per heavy atom. The van der Waals surface area contributed by atoms with Crippen molar-refractivity contribution in [3.63, 3.8) is 0 Å². The fourth-order valence-electron chi connectivity index (χ4n) is 4.17. The Kier molecular flexibility index (Phi) is 5.20. The zero-order valence-electron chi connectivity index (χ0n) is 17.4. The Hall–Kier alpha value is -3.95.